The minimum atomic E-state index is -0.652. The molecule has 2 rings (SSSR count). The van der Waals surface area contributed by atoms with Crippen molar-refractivity contribution in [2.24, 2.45) is 0 Å². The van der Waals surface area contributed by atoms with Crippen molar-refractivity contribution < 1.29 is 19.4 Å². The lowest BCUT2D eigenvalue weighted by atomic mass is 10.0. The molecule has 1 aromatic rings. The van der Waals surface area contributed by atoms with E-state index < -0.39 is 5.60 Å². The monoisotopic (exact) mass is 288 g/mol. The highest BCUT2D eigenvalue weighted by Gasteiger charge is 2.19. The molecule has 0 aliphatic heterocycles. The lowest BCUT2D eigenvalue weighted by Gasteiger charge is -2.23. The molecule has 4 heteroatoms. The number of Topliss-reactive ketones (excluding diaryl/α,β-unsaturated/α-hetero) is 1. The molecule has 0 spiro atoms. The number of rotatable bonds is 6. The second-order valence-electron chi connectivity index (χ2n) is 5.91. The van der Waals surface area contributed by atoms with E-state index in [4.69, 9.17) is 9.84 Å². The van der Waals surface area contributed by atoms with Crippen LogP contribution in [0.2, 0.25) is 0 Å². The zero-order valence-corrected chi connectivity index (χ0v) is 12.4. The molecule has 0 radical (unpaired) electrons. The Morgan fingerprint density at radius 3 is 2.43 bits per heavy atom. The van der Waals surface area contributed by atoms with Gasteiger partial charge in [-0.2, -0.15) is 0 Å². The van der Waals surface area contributed by atoms with Crippen LogP contribution in [0, 0.1) is 0 Å². The van der Waals surface area contributed by atoms with Crippen molar-refractivity contribution in [1.82, 2.24) is 0 Å². The maximum absolute atomic E-state index is 12.1. The van der Waals surface area contributed by atoms with Gasteiger partial charge in [0.15, 0.2) is 11.6 Å². The van der Waals surface area contributed by atoms with E-state index in [0.29, 0.717) is 30.6 Å². The van der Waals surface area contributed by atoms with Crippen molar-refractivity contribution in [1.29, 1.82) is 0 Å². The third kappa shape index (κ3) is 4.26. The summed E-state index contributed by atoms with van der Waals surface area (Å²) in [5.41, 5.74) is 0.858. The van der Waals surface area contributed by atoms with Crippen molar-refractivity contribution in [3.63, 3.8) is 0 Å². The fourth-order valence-electron chi connectivity index (χ4n) is 2.16. The second-order valence-corrected chi connectivity index (χ2v) is 5.91. The van der Waals surface area contributed by atoms with Gasteiger partial charge in [0.2, 0.25) is 0 Å². The van der Waals surface area contributed by atoms with E-state index in [0.717, 1.165) is 5.57 Å². The average molecular weight is 288 g/mol. The van der Waals surface area contributed by atoms with Gasteiger partial charge in [-0.15, -0.1) is 0 Å². The number of hydrogen-bond acceptors (Lipinski definition) is 4. The minimum Gasteiger partial charge on any atom is -0.485 e. The zero-order valence-electron chi connectivity index (χ0n) is 12.4. The van der Waals surface area contributed by atoms with Crippen LogP contribution in [0.5, 0.6) is 5.75 Å². The van der Waals surface area contributed by atoms with E-state index in [2.05, 4.69) is 0 Å². The number of ketones is 2. The summed E-state index contributed by atoms with van der Waals surface area (Å²) in [5, 5.41) is 9.17. The number of ether oxygens (including phenoxy) is 1. The van der Waals surface area contributed by atoms with Crippen molar-refractivity contribution in [3.8, 4) is 5.75 Å². The summed E-state index contributed by atoms with van der Waals surface area (Å²) in [6.07, 6.45) is 3.09. The standard InChI is InChI=1S/C17H20O4/c1-17(2,11-18)21-15-7-4-13(5-8-15)16(20)10-12-3-6-14(19)9-12/h4-5,7-9,18H,3,6,10-11H2,1-2H3. The van der Waals surface area contributed by atoms with Crippen LogP contribution in [0.1, 0.15) is 43.5 Å². The van der Waals surface area contributed by atoms with E-state index >= 15 is 0 Å². The highest BCUT2D eigenvalue weighted by atomic mass is 16.5. The van der Waals surface area contributed by atoms with Gasteiger partial charge in [0.1, 0.15) is 11.4 Å². The SMILES string of the molecule is CC(C)(CO)Oc1ccc(C(=O)CC2=CC(=O)CC2)cc1. The van der Waals surface area contributed by atoms with Crippen molar-refractivity contribution in [2.45, 2.75) is 38.7 Å². The Morgan fingerprint density at radius 2 is 1.90 bits per heavy atom. The Balaban J connectivity index is 2.00. The quantitative estimate of drug-likeness (QED) is 0.817. The van der Waals surface area contributed by atoms with Crippen LogP contribution in [-0.4, -0.2) is 28.9 Å². The molecule has 112 valence electrons. The molecule has 1 aliphatic carbocycles. The van der Waals surface area contributed by atoms with Crippen LogP contribution < -0.4 is 4.74 Å². The minimum absolute atomic E-state index is 0.00363. The van der Waals surface area contributed by atoms with E-state index in [1.807, 2.05) is 0 Å². The number of carbonyl (C=O) groups excluding carboxylic acids is 2. The number of hydrogen-bond donors (Lipinski definition) is 1. The first-order chi connectivity index (χ1) is 9.89. The molecular weight excluding hydrogens is 268 g/mol. The summed E-state index contributed by atoms with van der Waals surface area (Å²) in [4.78, 5) is 23.3. The molecule has 4 nitrogen and oxygen atoms in total. The predicted octanol–water partition coefficient (Wildman–Crippen LogP) is 2.70. The first-order valence-corrected chi connectivity index (χ1v) is 7.05. The highest BCUT2D eigenvalue weighted by Crippen LogP contribution is 2.22. The molecule has 0 bridgehead atoms. The van der Waals surface area contributed by atoms with Crippen LogP contribution in [0.25, 0.3) is 0 Å². The maximum atomic E-state index is 12.1. The van der Waals surface area contributed by atoms with Crippen molar-refractivity contribution in [3.05, 3.63) is 41.5 Å². The smallest absolute Gasteiger partial charge is 0.166 e. The Bertz CT molecular complexity index is 567. The topological polar surface area (TPSA) is 63.6 Å². The van der Waals surface area contributed by atoms with Gasteiger partial charge < -0.3 is 9.84 Å². The normalized spacial score (nSPS) is 15.0. The molecule has 1 N–H and O–H groups in total. The molecule has 0 unspecified atom stereocenters. The number of benzene rings is 1. The van der Waals surface area contributed by atoms with Crippen LogP contribution in [-0.2, 0) is 4.79 Å². The fourth-order valence-corrected chi connectivity index (χ4v) is 2.16. The summed E-state index contributed by atoms with van der Waals surface area (Å²) in [6.45, 7) is 3.49. The first-order valence-electron chi connectivity index (χ1n) is 7.05. The Labute approximate surface area is 124 Å². The number of allylic oxidation sites excluding steroid dienone is 2. The molecule has 1 aromatic carbocycles. The van der Waals surface area contributed by atoms with Gasteiger partial charge in [-0.05, 0) is 50.6 Å². The molecule has 1 aliphatic rings. The third-order valence-electron chi connectivity index (χ3n) is 3.40. The molecule has 0 amide bonds. The zero-order chi connectivity index (χ0) is 15.5. The van der Waals surface area contributed by atoms with E-state index in [9.17, 15) is 9.59 Å². The van der Waals surface area contributed by atoms with Crippen molar-refractivity contribution >= 4 is 11.6 Å². The van der Waals surface area contributed by atoms with E-state index in [-0.39, 0.29) is 18.2 Å². The predicted molar refractivity (Wildman–Crippen MR) is 79.5 cm³/mol. The van der Waals surface area contributed by atoms with Gasteiger partial charge in [0.05, 0.1) is 6.61 Å². The van der Waals surface area contributed by atoms with Crippen LogP contribution in [0.4, 0.5) is 0 Å². The Kier molecular flexibility index (Phi) is 4.58. The summed E-state index contributed by atoms with van der Waals surface area (Å²) in [5.74, 6) is 0.720. The van der Waals surface area contributed by atoms with Gasteiger partial charge in [-0.1, -0.05) is 5.57 Å². The van der Waals surface area contributed by atoms with Crippen LogP contribution in [0.15, 0.2) is 35.9 Å². The fraction of sp³-hybridized carbons (Fsp3) is 0.412. The number of aliphatic hydroxyl groups excluding tert-OH is 1. The third-order valence-corrected chi connectivity index (χ3v) is 3.40. The van der Waals surface area contributed by atoms with Gasteiger partial charge >= 0.3 is 0 Å². The molecule has 0 fully saturated rings. The summed E-state index contributed by atoms with van der Waals surface area (Å²) in [7, 11) is 0. The van der Waals surface area contributed by atoms with Gasteiger partial charge in [0.25, 0.3) is 0 Å². The van der Waals surface area contributed by atoms with Gasteiger partial charge in [-0.3, -0.25) is 9.59 Å². The molecule has 0 saturated carbocycles. The molecule has 0 atom stereocenters. The summed E-state index contributed by atoms with van der Waals surface area (Å²) < 4.78 is 5.62. The van der Waals surface area contributed by atoms with Gasteiger partial charge in [-0.25, -0.2) is 0 Å². The lowest BCUT2D eigenvalue weighted by molar-refractivity contribution is -0.114. The van der Waals surface area contributed by atoms with E-state index in [1.54, 1.807) is 44.2 Å². The molecule has 21 heavy (non-hydrogen) atoms. The maximum Gasteiger partial charge on any atom is 0.166 e. The molecule has 0 saturated heterocycles. The second kappa shape index (κ2) is 6.22. The van der Waals surface area contributed by atoms with Gasteiger partial charge in [0, 0.05) is 18.4 Å². The summed E-state index contributed by atoms with van der Waals surface area (Å²) in [6, 6.07) is 6.86. The first kappa shape index (κ1) is 15.4. The summed E-state index contributed by atoms with van der Waals surface area (Å²) >= 11 is 0. The number of aliphatic hydroxyl groups is 1. The average Bonchev–Trinajstić information content (AvgIpc) is 2.84. The largest absolute Gasteiger partial charge is 0.485 e. The van der Waals surface area contributed by atoms with E-state index in [1.165, 1.54) is 0 Å². The highest BCUT2D eigenvalue weighted by molar-refractivity contribution is 6.00. The molecular formula is C17H20O4. The van der Waals surface area contributed by atoms with Crippen LogP contribution in [0.3, 0.4) is 0 Å². The lowest BCUT2D eigenvalue weighted by Crippen LogP contribution is -2.32. The number of carbonyl (C=O) groups is 2. The Hall–Kier alpha value is -1.94. The van der Waals surface area contributed by atoms with Crippen LogP contribution >= 0.6 is 0 Å². The van der Waals surface area contributed by atoms with Crippen molar-refractivity contribution in [2.75, 3.05) is 6.61 Å². The molecule has 0 aromatic heterocycles. The molecule has 0 heterocycles. The Morgan fingerprint density at radius 1 is 1.24 bits per heavy atom.